The van der Waals surface area contributed by atoms with Crippen molar-refractivity contribution in [2.75, 3.05) is 4.90 Å². The molecule has 3 nitrogen and oxygen atoms in total. The second-order valence-corrected chi connectivity index (χ2v) is 5.36. The first-order valence-electron chi connectivity index (χ1n) is 6.80. The molecule has 0 aliphatic carbocycles. The van der Waals surface area contributed by atoms with Crippen LogP contribution in [-0.2, 0) is 4.79 Å². The van der Waals surface area contributed by atoms with Crippen LogP contribution < -0.4 is 10.6 Å². The Balaban J connectivity index is 1.99. The van der Waals surface area contributed by atoms with Crippen molar-refractivity contribution in [1.29, 1.82) is 0 Å². The highest BCUT2D eigenvalue weighted by Crippen LogP contribution is 2.38. The normalized spacial score (nSPS) is 21.8. The number of hydrogen-bond acceptors (Lipinski definition) is 2. The van der Waals surface area contributed by atoms with Crippen molar-refractivity contribution in [3.63, 3.8) is 0 Å². The summed E-state index contributed by atoms with van der Waals surface area (Å²) in [5, 5.41) is 0. The number of amides is 1. The predicted octanol–water partition coefficient (Wildman–Crippen LogP) is 2.72. The highest BCUT2D eigenvalue weighted by atomic mass is 16.2. The summed E-state index contributed by atoms with van der Waals surface area (Å²) in [5.41, 5.74) is 10.4. The van der Waals surface area contributed by atoms with Gasteiger partial charge in [-0.15, -0.1) is 0 Å². The van der Waals surface area contributed by atoms with Crippen molar-refractivity contribution in [3.05, 3.63) is 65.2 Å². The maximum atomic E-state index is 12.1. The van der Waals surface area contributed by atoms with Crippen LogP contribution in [-0.4, -0.2) is 11.9 Å². The van der Waals surface area contributed by atoms with E-state index in [-0.39, 0.29) is 11.9 Å². The van der Waals surface area contributed by atoms with Gasteiger partial charge in [-0.1, -0.05) is 36.4 Å². The second-order valence-electron chi connectivity index (χ2n) is 5.36. The van der Waals surface area contributed by atoms with E-state index < -0.39 is 6.04 Å². The lowest BCUT2D eigenvalue weighted by Crippen LogP contribution is -2.63. The van der Waals surface area contributed by atoms with E-state index in [0.717, 1.165) is 11.3 Å². The van der Waals surface area contributed by atoms with Gasteiger partial charge in [-0.05, 0) is 42.7 Å². The van der Waals surface area contributed by atoms with Crippen LogP contribution in [0.25, 0.3) is 0 Å². The van der Waals surface area contributed by atoms with Crippen LogP contribution in [0.15, 0.2) is 48.5 Å². The Kier molecular flexibility index (Phi) is 3.07. The number of anilines is 1. The van der Waals surface area contributed by atoms with E-state index in [0.29, 0.717) is 0 Å². The van der Waals surface area contributed by atoms with E-state index >= 15 is 0 Å². The largest absolute Gasteiger partial charge is 0.318 e. The number of rotatable bonds is 2. The SMILES string of the molecule is Cc1ccc(N2C(=O)[C@@H](N)[C@H]2c2ccccc2)cc1C. The van der Waals surface area contributed by atoms with Crippen molar-refractivity contribution < 1.29 is 4.79 Å². The van der Waals surface area contributed by atoms with Crippen LogP contribution in [0.5, 0.6) is 0 Å². The third-order valence-corrected chi connectivity index (χ3v) is 4.05. The standard InChI is InChI=1S/C17H18N2O/c1-11-8-9-14(10-12(11)2)19-16(15(18)17(19)20)13-6-4-3-5-7-13/h3-10,15-16H,18H2,1-2H3/t15-,16+/m0/s1. The number of β-lactam (4-membered cyclic amide) rings is 1. The Labute approximate surface area is 119 Å². The first-order chi connectivity index (χ1) is 9.59. The maximum Gasteiger partial charge on any atom is 0.247 e. The molecule has 3 heteroatoms. The smallest absolute Gasteiger partial charge is 0.247 e. The molecule has 2 aromatic carbocycles. The zero-order chi connectivity index (χ0) is 14.3. The molecule has 2 N–H and O–H groups in total. The van der Waals surface area contributed by atoms with Gasteiger partial charge in [-0.3, -0.25) is 4.79 Å². The van der Waals surface area contributed by atoms with Crippen molar-refractivity contribution in [2.45, 2.75) is 25.9 Å². The maximum absolute atomic E-state index is 12.1. The van der Waals surface area contributed by atoms with E-state index in [1.54, 1.807) is 4.90 Å². The number of hydrogen-bond donors (Lipinski definition) is 1. The number of carbonyl (C=O) groups excluding carboxylic acids is 1. The molecule has 20 heavy (non-hydrogen) atoms. The molecule has 0 radical (unpaired) electrons. The minimum Gasteiger partial charge on any atom is -0.318 e. The lowest BCUT2D eigenvalue weighted by atomic mass is 9.88. The van der Waals surface area contributed by atoms with Gasteiger partial charge in [-0.2, -0.15) is 0 Å². The molecule has 1 heterocycles. The molecule has 2 atom stereocenters. The average molecular weight is 266 g/mol. The van der Waals surface area contributed by atoms with Crippen molar-refractivity contribution >= 4 is 11.6 Å². The Hall–Kier alpha value is -2.13. The fraction of sp³-hybridized carbons (Fsp3) is 0.235. The predicted molar refractivity (Wildman–Crippen MR) is 80.6 cm³/mol. The molecule has 2 aromatic rings. The fourth-order valence-corrected chi connectivity index (χ4v) is 2.68. The number of nitrogens with two attached hydrogens (primary N) is 1. The number of benzene rings is 2. The molecule has 0 saturated carbocycles. The highest BCUT2D eigenvalue weighted by molar-refractivity contribution is 6.05. The molecular formula is C17H18N2O. The lowest BCUT2D eigenvalue weighted by Gasteiger charge is -2.45. The minimum absolute atomic E-state index is 0.0119. The first kappa shape index (κ1) is 12.9. The van der Waals surface area contributed by atoms with Gasteiger partial charge in [-0.25, -0.2) is 0 Å². The van der Waals surface area contributed by atoms with Gasteiger partial charge in [0.25, 0.3) is 0 Å². The topological polar surface area (TPSA) is 46.3 Å². The highest BCUT2D eigenvalue weighted by Gasteiger charge is 2.46. The van der Waals surface area contributed by atoms with Crippen LogP contribution in [0.4, 0.5) is 5.69 Å². The van der Waals surface area contributed by atoms with Gasteiger partial charge in [0.15, 0.2) is 0 Å². The molecule has 0 spiro atoms. The summed E-state index contributed by atoms with van der Waals surface area (Å²) >= 11 is 0. The van der Waals surface area contributed by atoms with Crippen molar-refractivity contribution in [1.82, 2.24) is 0 Å². The summed E-state index contributed by atoms with van der Waals surface area (Å²) in [6, 6.07) is 15.5. The van der Waals surface area contributed by atoms with Gasteiger partial charge in [0.05, 0.1) is 6.04 Å². The molecule has 102 valence electrons. The summed E-state index contributed by atoms with van der Waals surface area (Å²) in [6.07, 6.45) is 0. The molecule has 1 saturated heterocycles. The van der Waals surface area contributed by atoms with E-state index in [1.807, 2.05) is 42.5 Å². The van der Waals surface area contributed by atoms with Crippen LogP contribution in [0, 0.1) is 13.8 Å². The summed E-state index contributed by atoms with van der Waals surface area (Å²) in [6.45, 7) is 4.12. The third-order valence-electron chi connectivity index (χ3n) is 4.05. The van der Waals surface area contributed by atoms with E-state index in [4.69, 9.17) is 5.73 Å². The van der Waals surface area contributed by atoms with Gasteiger partial charge >= 0.3 is 0 Å². The average Bonchev–Trinajstić information content (AvgIpc) is 2.47. The Bertz CT molecular complexity index is 651. The molecular weight excluding hydrogens is 248 g/mol. The minimum atomic E-state index is -0.445. The number of carbonyl (C=O) groups is 1. The van der Waals surface area contributed by atoms with Gasteiger partial charge in [0.2, 0.25) is 5.91 Å². The van der Waals surface area contributed by atoms with Crippen molar-refractivity contribution in [3.8, 4) is 0 Å². The van der Waals surface area contributed by atoms with Crippen LogP contribution >= 0.6 is 0 Å². The molecule has 1 aliphatic rings. The monoisotopic (exact) mass is 266 g/mol. The molecule has 0 aromatic heterocycles. The molecule has 1 fully saturated rings. The molecule has 0 bridgehead atoms. The fourth-order valence-electron chi connectivity index (χ4n) is 2.68. The summed E-state index contributed by atoms with van der Waals surface area (Å²) < 4.78 is 0. The van der Waals surface area contributed by atoms with Gasteiger partial charge in [0, 0.05) is 5.69 Å². The second kappa shape index (κ2) is 4.76. The summed E-state index contributed by atoms with van der Waals surface area (Å²) in [5.74, 6) is -0.0119. The molecule has 1 aliphatic heterocycles. The molecule has 1 amide bonds. The van der Waals surface area contributed by atoms with Crippen LogP contribution in [0.3, 0.4) is 0 Å². The Morgan fingerprint density at radius 2 is 1.70 bits per heavy atom. The molecule has 0 unspecified atom stereocenters. The summed E-state index contributed by atoms with van der Waals surface area (Å²) in [7, 11) is 0. The van der Waals surface area contributed by atoms with Crippen LogP contribution in [0.2, 0.25) is 0 Å². The zero-order valence-corrected chi connectivity index (χ0v) is 11.7. The zero-order valence-electron chi connectivity index (χ0n) is 11.7. The van der Waals surface area contributed by atoms with Gasteiger partial charge < -0.3 is 10.6 Å². The van der Waals surface area contributed by atoms with Gasteiger partial charge in [0.1, 0.15) is 6.04 Å². The van der Waals surface area contributed by atoms with E-state index in [1.165, 1.54) is 11.1 Å². The Morgan fingerprint density at radius 1 is 1.00 bits per heavy atom. The molecule has 3 rings (SSSR count). The quantitative estimate of drug-likeness (QED) is 0.849. The Morgan fingerprint density at radius 3 is 2.35 bits per heavy atom. The summed E-state index contributed by atoms with van der Waals surface area (Å²) in [4.78, 5) is 13.9. The first-order valence-corrected chi connectivity index (χ1v) is 6.80. The van der Waals surface area contributed by atoms with Crippen LogP contribution in [0.1, 0.15) is 22.7 Å². The number of aryl methyl sites for hydroxylation is 2. The lowest BCUT2D eigenvalue weighted by molar-refractivity contribution is -0.126. The van der Waals surface area contributed by atoms with Crippen molar-refractivity contribution in [2.24, 2.45) is 5.73 Å². The van der Waals surface area contributed by atoms with E-state index in [2.05, 4.69) is 19.9 Å². The van der Waals surface area contributed by atoms with E-state index in [9.17, 15) is 4.79 Å². The number of nitrogens with zero attached hydrogens (tertiary/aromatic N) is 1. The third kappa shape index (κ3) is 1.91.